The average molecular weight is 364 g/mol. The van der Waals surface area contributed by atoms with Crippen LogP contribution in [0.3, 0.4) is 0 Å². The van der Waals surface area contributed by atoms with Gasteiger partial charge in [-0.05, 0) is 43.4 Å². The van der Waals surface area contributed by atoms with E-state index in [1.165, 1.54) is 29.7 Å². The molecule has 0 unspecified atom stereocenters. The standard InChI is InChI=1S/C18H15F3N2OS/c19-18(20,21)14-6-4-5-13(11-14)7-8-16-22-12-15(25-16)17(24)23-9-2-1-3-10-23/h4-6,11-12H,1-3,9-10H2. The van der Waals surface area contributed by atoms with Gasteiger partial charge in [0.2, 0.25) is 0 Å². The Labute approximate surface area is 147 Å². The summed E-state index contributed by atoms with van der Waals surface area (Å²) in [7, 11) is 0. The van der Waals surface area contributed by atoms with Crippen molar-refractivity contribution < 1.29 is 18.0 Å². The van der Waals surface area contributed by atoms with Crippen molar-refractivity contribution in [2.24, 2.45) is 0 Å². The highest BCUT2D eigenvalue weighted by molar-refractivity contribution is 7.14. The second-order valence-electron chi connectivity index (χ2n) is 5.71. The van der Waals surface area contributed by atoms with Crippen LogP contribution < -0.4 is 0 Å². The monoisotopic (exact) mass is 364 g/mol. The molecular weight excluding hydrogens is 349 g/mol. The maximum atomic E-state index is 12.7. The summed E-state index contributed by atoms with van der Waals surface area (Å²) in [5.41, 5.74) is -0.478. The molecule has 2 heterocycles. The number of halogens is 3. The van der Waals surface area contributed by atoms with E-state index in [2.05, 4.69) is 16.8 Å². The number of nitrogens with zero attached hydrogens (tertiary/aromatic N) is 2. The van der Waals surface area contributed by atoms with Crippen molar-refractivity contribution in [3.05, 3.63) is 51.5 Å². The van der Waals surface area contributed by atoms with Crippen molar-refractivity contribution in [3.8, 4) is 11.8 Å². The van der Waals surface area contributed by atoms with Gasteiger partial charge in [-0.1, -0.05) is 12.0 Å². The van der Waals surface area contributed by atoms with Gasteiger partial charge in [0.05, 0.1) is 11.8 Å². The molecule has 0 N–H and O–H groups in total. The molecule has 25 heavy (non-hydrogen) atoms. The minimum atomic E-state index is -4.40. The van der Waals surface area contributed by atoms with Crippen molar-refractivity contribution in [3.63, 3.8) is 0 Å². The molecule has 0 atom stereocenters. The molecule has 0 saturated carbocycles. The van der Waals surface area contributed by atoms with Crippen LogP contribution in [0.4, 0.5) is 13.2 Å². The molecule has 1 aliphatic heterocycles. The molecule has 130 valence electrons. The minimum absolute atomic E-state index is 0.0516. The zero-order valence-corrected chi connectivity index (χ0v) is 14.1. The lowest BCUT2D eigenvalue weighted by molar-refractivity contribution is -0.137. The van der Waals surface area contributed by atoms with E-state index in [1.54, 1.807) is 4.90 Å². The summed E-state index contributed by atoms with van der Waals surface area (Å²) in [6.45, 7) is 1.50. The largest absolute Gasteiger partial charge is 0.416 e. The number of rotatable bonds is 1. The van der Waals surface area contributed by atoms with Gasteiger partial charge < -0.3 is 4.90 Å². The molecule has 1 aromatic heterocycles. The van der Waals surface area contributed by atoms with Crippen LogP contribution in [0, 0.1) is 11.8 Å². The third-order valence-electron chi connectivity index (χ3n) is 3.86. The van der Waals surface area contributed by atoms with Crippen molar-refractivity contribution in [1.29, 1.82) is 0 Å². The van der Waals surface area contributed by atoms with Crippen LogP contribution in [0.2, 0.25) is 0 Å². The van der Waals surface area contributed by atoms with E-state index in [4.69, 9.17) is 0 Å². The van der Waals surface area contributed by atoms with Crippen molar-refractivity contribution in [2.75, 3.05) is 13.1 Å². The van der Waals surface area contributed by atoms with Gasteiger partial charge in [0.1, 0.15) is 4.88 Å². The zero-order valence-electron chi connectivity index (χ0n) is 13.3. The lowest BCUT2D eigenvalue weighted by Crippen LogP contribution is -2.35. The van der Waals surface area contributed by atoms with Gasteiger partial charge >= 0.3 is 6.18 Å². The molecule has 1 saturated heterocycles. The third kappa shape index (κ3) is 4.40. The minimum Gasteiger partial charge on any atom is -0.338 e. The number of alkyl halides is 3. The SMILES string of the molecule is O=C(c1cnc(C#Cc2cccc(C(F)(F)F)c2)s1)N1CCCCC1. The van der Waals surface area contributed by atoms with Crippen LogP contribution in [-0.2, 0) is 6.18 Å². The number of hydrogen-bond acceptors (Lipinski definition) is 3. The van der Waals surface area contributed by atoms with Crippen LogP contribution in [-0.4, -0.2) is 28.9 Å². The van der Waals surface area contributed by atoms with Gasteiger partial charge in [-0.3, -0.25) is 4.79 Å². The van der Waals surface area contributed by atoms with E-state index in [-0.39, 0.29) is 11.5 Å². The van der Waals surface area contributed by atoms with E-state index in [0.717, 1.165) is 44.5 Å². The Kier molecular flexibility index (Phi) is 5.09. The molecule has 1 amide bonds. The van der Waals surface area contributed by atoms with E-state index in [9.17, 15) is 18.0 Å². The lowest BCUT2D eigenvalue weighted by Gasteiger charge is -2.25. The Morgan fingerprint density at radius 1 is 1.16 bits per heavy atom. The molecule has 0 bridgehead atoms. The van der Waals surface area contributed by atoms with Gasteiger partial charge in [0.15, 0.2) is 5.01 Å². The number of amides is 1. The Bertz CT molecular complexity index is 827. The number of hydrogen-bond donors (Lipinski definition) is 0. The number of benzene rings is 1. The van der Waals surface area contributed by atoms with Crippen LogP contribution in [0.5, 0.6) is 0 Å². The summed E-state index contributed by atoms with van der Waals surface area (Å²) in [6, 6.07) is 4.83. The van der Waals surface area contributed by atoms with Crippen LogP contribution >= 0.6 is 11.3 Å². The summed E-state index contributed by atoms with van der Waals surface area (Å²) >= 11 is 1.17. The molecule has 1 aliphatic rings. The quantitative estimate of drug-likeness (QED) is 0.711. The fraction of sp³-hybridized carbons (Fsp3) is 0.333. The number of aromatic nitrogens is 1. The normalized spacial score (nSPS) is 14.8. The Balaban J connectivity index is 1.74. The van der Waals surface area contributed by atoms with E-state index >= 15 is 0 Å². The van der Waals surface area contributed by atoms with Crippen LogP contribution in [0.25, 0.3) is 0 Å². The first-order valence-electron chi connectivity index (χ1n) is 7.88. The van der Waals surface area contributed by atoms with Gasteiger partial charge in [0, 0.05) is 18.7 Å². The highest BCUT2D eigenvalue weighted by Gasteiger charge is 2.30. The fourth-order valence-electron chi connectivity index (χ4n) is 2.58. The lowest BCUT2D eigenvalue weighted by atomic mass is 10.1. The van der Waals surface area contributed by atoms with Crippen molar-refractivity contribution >= 4 is 17.2 Å². The Morgan fingerprint density at radius 3 is 2.64 bits per heavy atom. The topological polar surface area (TPSA) is 33.2 Å². The first-order chi connectivity index (χ1) is 11.9. The van der Waals surface area contributed by atoms with Gasteiger partial charge in [-0.2, -0.15) is 13.2 Å². The summed E-state index contributed by atoms with van der Waals surface area (Å²) in [6.07, 6.45) is 0.240. The summed E-state index contributed by atoms with van der Waals surface area (Å²) in [5.74, 6) is 5.36. The molecular formula is C18H15F3N2OS. The highest BCUT2D eigenvalue weighted by atomic mass is 32.1. The van der Waals surface area contributed by atoms with Crippen LogP contribution in [0.1, 0.15) is 45.1 Å². The van der Waals surface area contributed by atoms with E-state index in [1.807, 2.05) is 0 Å². The van der Waals surface area contributed by atoms with Gasteiger partial charge in [-0.15, -0.1) is 11.3 Å². The van der Waals surface area contributed by atoms with Crippen molar-refractivity contribution in [2.45, 2.75) is 25.4 Å². The average Bonchev–Trinajstić information content (AvgIpc) is 3.08. The molecule has 0 spiro atoms. The van der Waals surface area contributed by atoms with E-state index in [0.29, 0.717) is 9.88 Å². The molecule has 1 fully saturated rings. The molecule has 2 aromatic rings. The maximum Gasteiger partial charge on any atom is 0.416 e. The number of piperidine rings is 1. The summed E-state index contributed by atoms with van der Waals surface area (Å²) in [4.78, 5) is 18.8. The highest BCUT2D eigenvalue weighted by Crippen LogP contribution is 2.29. The maximum absolute atomic E-state index is 12.7. The van der Waals surface area contributed by atoms with Gasteiger partial charge in [0.25, 0.3) is 5.91 Å². The second kappa shape index (κ2) is 7.28. The number of likely N-dealkylation sites (tertiary alicyclic amines) is 1. The fourth-order valence-corrected chi connectivity index (χ4v) is 3.32. The molecule has 7 heteroatoms. The smallest absolute Gasteiger partial charge is 0.338 e. The second-order valence-corrected chi connectivity index (χ2v) is 6.74. The third-order valence-corrected chi connectivity index (χ3v) is 4.76. The Hall–Kier alpha value is -2.33. The van der Waals surface area contributed by atoms with Crippen LogP contribution in [0.15, 0.2) is 30.5 Å². The molecule has 0 aliphatic carbocycles. The van der Waals surface area contributed by atoms with Crippen molar-refractivity contribution in [1.82, 2.24) is 9.88 Å². The summed E-state index contributed by atoms with van der Waals surface area (Å²) in [5, 5.41) is 0.415. The number of thiazole rings is 1. The van der Waals surface area contributed by atoms with Gasteiger partial charge in [-0.25, -0.2) is 4.98 Å². The number of carbonyl (C=O) groups excluding carboxylic acids is 1. The molecule has 0 radical (unpaired) electrons. The first kappa shape index (κ1) is 17.5. The number of carbonyl (C=O) groups is 1. The molecule has 3 rings (SSSR count). The predicted octanol–water partition coefficient (Wildman–Crippen LogP) is 4.19. The molecule has 1 aromatic carbocycles. The first-order valence-corrected chi connectivity index (χ1v) is 8.69. The molecule has 3 nitrogen and oxygen atoms in total. The summed E-state index contributed by atoms with van der Waals surface area (Å²) < 4.78 is 38.1. The van der Waals surface area contributed by atoms with E-state index < -0.39 is 11.7 Å². The zero-order chi connectivity index (χ0) is 17.9. The predicted molar refractivity (Wildman–Crippen MR) is 89.3 cm³/mol. The Morgan fingerprint density at radius 2 is 1.92 bits per heavy atom.